The van der Waals surface area contributed by atoms with Crippen LogP contribution in [0.25, 0.3) is 49.7 Å². The Morgan fingerprint density at radius 1 is 0.410 bits per heavy atom. The second-order valence-corrected chi connectivity index (χ2v) is 18.3. The fraction of sp³-hybridized carbons (Fsp3) is 0.0690. The van der Waals surface area contributed by atoms with Gasteiger partial charge < -0.3 is 9.47 Å². The van der Waals surface area contributed by atoms with Crippen LogP contribution in [0.15, 0.2) is 216 Å². The summed E-state index contributed by atoms with van der Waals surface area (Å²) in [7, 11) is 0. The van der Waals surface area contributed by atoms with Crippen molar-refractivity contribution >= 4 is 50.6 Å². The van der Waals surface area contributed by atoms with Crippen LogP contribution in [0.3, 0.4) is 0 Å². The molecule has 3 heterocycles. The van der Waals surface area contributed by atoms with Gasteiger partial charge in [0.05, 0.1) is 22.1 Å². The van der Waals surface area contributed by atoms with Crippen molar-refractivity contribution in [2.24, 2.45) is 0 Å². The lowest BCUT2D eigenvalue weighted by atomic mass is 9.62. The summed E-state index contributed by atoms with van der Waals surface area (Å²) < 4.78 is 2.52. The Morgan fingerprint density at radius 3 is 1.90 bits per heavy atom. The summed E-state index contributed by atoms with van der Waals surface area (Å²) in [5.41, 5.74) is 19.8. The number of hydrogen-bond acceptors (Lipinski definition) is 2. The summed E-state index contributed by atoms with van der Waals surface area (Å²) in [6.07, 6.45) is 0. The second-order valence-electron chi connectivity index (χ2n) is 17.2. The molecule has 0 fully saturated rings. The molecule has 3 heteroatoms. The summed E-state index contributed by atoms with van der Waals surface area (Å²) in [5, 5.41) is 2.59. The van der Waals surface area contributed by atoms with Gasteiger partial charge in [0.2, 0.25) is 0 Å². The fourth-order valence-electron chi connectivity index (χ4n) is 11.2. The van der Waals surface area contributed by atoms with Crippen LogP contribution in [-0.4, -0.2) is 4.57 Å². The van der Waals surface area contributed by atoms with Crippen molar-refractivity contribution in [3.8, 4) is 27.9 Å². The van der Waals surface area contributed by atoms with Gasteiger partial charge in [-0.25, -0.2) is 0 Å². The van der Waals surface area contributed by atoms with Crippen molar-refractivity contribution in [2.45, 2.75) is 34.5 Å². The zero-order valence-electron chi connectivity index (χ0n) is 33.9. The van der Waals surface area contributed by atoms with E-state index in [4.69, 9.17) is 0 Å². The van der Waals surface area contributed by atoms with Gasteiger partial charge in [0.15, 0.2) is 0 Å². The summed E-state index contributed by atoms with van der Waals surface area (Å²) >= 11 is 1.90. The minimum absolute atomic E-state index is 0.0856. The van der Waals surface area contributed by atoms with Crippen LogP contribution in [0.4, 0.5) is 17.1 Å². The van der Waals surface area contributed by atoms with Gasteiger partial charge in [0.1, 0.15) is 0 Å². The van der Waals surface area contributed by atoms with Gasteiger partial charge in [-0.15, -0.1) is 0 Å². The molecule has 288 valence electrons. The largest absolute Gasteiger partial charge is 0.310 e. The van der Waals surface area contributed by atoms with Gasteiger partial charge in [0.25, 0.3) is 0 Å². The van der Waals surface area contributed by atoms with E-state index in [9.17, 15) is 0 Å². The number of fused-ring (bicyclic) bond motifs is 14. The lowest BCUT2D eigenvalue weighted by Crippen LogP contribution is -2.37. The Kier molecular flexibility index (Phi) is 7.25. The van der Waals surface area contributed by atoms with Gasteiger partial charge in [-0.05, 0) is 122 Å². The standard InChI is InChI=1S/C58H40N2S/c1-57(2)46-20-8-6-17-42(46)43-33-32-41(36-50(43)57)59(39-15-4-3-5-16-39)40-30-27-37(28-31-40)38-29-34-55-51(35-38)58(48-22-10-13-26-54(48)61-55)47-21-9-12-25-53(47)60-52-24-11-7-18-44(52)45-19-14-23-49(58)56(45)60/h3-36H,1-2H3. The number of anilines is 3. The molecule has 1 unspecified atom stereocenters. The van der Waals surface area contributed by atoms with Crippen molar-refractivity contribution in [3.05, 3.63) is 240 Å². The third-order valence-electron chi connectivity index (χ3n) is 13.8. The minimum atomic E-state index is -0.515. The molecule has 2 aliphatic heterocycles. The van der Waals surface area contributed by atoms with Gasteiger partial charge in [0, 0.05) is 43.0 Å². The summed E-state index contributed by atoms with van der Waals surface area (Å²) in [6, 6.07) is 77.2. The molecular formula is C58H40N2S. The Morgan fingerprint density at radius 2 is 1.03 bits per heavy atom. The third kappa shape index (κ3) is 4.70. The highest BCUT2D eigenvalue weighted by atomic mass is 32.2. The molecule has 1 aromatic heterocycles. The van der Waals surface area contributed by atoms with Crippen LogP contribution in [0.2, 0.25) is 0 Å². The first-order valence-electron chi connectivity index (χ1n) is 21.3. The molecule has 0 saturated heterocycles. The quantitative estimate of drug-likeness (QED) is 0.175. The highest BCUT2D eigenvalue weighted by Crippen LogP contribution is 2.61. The fourth-order valence-corrected chi connectivity index (χ4v) is 12.3. The highest BCUT2D eigenvalue weighted by molar-refractivity contribution is 7.99. The number of para-hydroxylation sites is 4. The number of hydrogen-bond donors (Lipinski definition) is 0. The van der Waals surface area contributed by atoms with Crippen molar-refractivity contribution < 1.29 is 0 Å². The van der Waals surface area contributed by atoms with E-state index < -0.39 is 5.41 Å². The van der Waals surface area contributed by atoms with Crippen molar-refractivity contribution in [2.75, 3.05) is 4.90 Å². The molecule has 0 saturated carbocycles. The monoisotopic (exact) mass is 796 g/mol. The molecule has 13 rings (SSSR count). The molecule has 10 aromatic rings. The number of nitrogens with zero attached hydrogens (tertiary/aromatic N) is 2. The Bertz CT molecular complexity index is 3430. The lowest BCUT2D eigenvalue weighted by Gasteiger charge is -2.45. The first-order chi connectivity index (χ1) is 30.0. The molecule has 0 N–H and O–H groups in total. The van der Waals surface area contributed by atoms with Crippen molar-refractivity contribution in [1.29, 1.82) is 0 Å². The van der Waals surface area contributed by atoms with Gasteiger partial charge >= 0.3 is 0 Å². The van der Waals surface area contributed by atoms with E-state index in [2.05, 4.69) is 230 Å². The van der Waals surface area contributed by atoms with Crippen molar-refractivity contribution in [3.63, 3.8) is 0 Å². The predicted octanol–water partition coefficient (Wildman–Crippen LogP) is 15.4. The molecule has 2 nitrogen and oxygen atoms in total. The maximum Gasteiger partial charge on any atom is 0.0764 e. The maximum atomic E-state index is 2.52. The number of benzene rings is 9. The van der Waals surface area contributed by atoms with Crippen LogP contribution >= 0.6 is 11.8 Å². The third-order valence-corrected chi connectivity index (χ3v) is 15.0. The topological polar surface area (TPSA) is 8.17 Å². The normalized spacial score (nSPS) is 16.2. The Hall–Kier alpha value is -7.07. The van der Waals surface area contributed by atoms with Crippen LogP contribution in [0.1, 0.15) is 47.2 Å². The molecule has 1 spiro atoms. The van der Waals surface area contributed by atoms with Crippen LogP contribution in [-0.2, 0) is 10.8 Å². The zero-order valence-corrected chi connectivity index (χ0v) is 34.7. The predicted molar refractivity (Wildman–Crippen MR) is 254 cm³/mol. The highest BCUT2D eigenvalue weighted by Gasteiger charge is 2.49. The summed E-state index contributed by atoms with van der Waals surface area (Å²) in [4.78, 5) is 5.01. The number of rotatable bonds is 4. The average Bonchev–Trinajstić information content (AvgIpc) is 3.77. The number of aromatic nitrogens is 1. The molecule has 0 radical (unpaired) electrons. The van der Waals surface area contributed by atoms with E-state index >= 15 is 0 Å². The summed E-state index contributed by atoms with van der Waals surface area (Å²) in [5.74, 6) is 0. The van der Waals surface area contributed by atoms with E-state index in [0.717, 1.165) is 17.1 Å². The Balaban J connectivity index is 0.981. The SMILES string of the molecule is CC1(C)c2ccccc2-c2ccc(N(c3ccccc3)c3ccc(-c4ccc5c(c4)C4(c6ccccc6S5)c5ccccc5-n5c6ccccc6c6cccc4c65)cc3)cc21. The molecule has 0 amide bonds. The molecule has 0 bridgehead atoms. The molecule has 1 aliphatic carbocycles. The molecule has 3 aliphatic rings. The maximum absolute atomic E-state index is 2.52. The first-order valence-corrected chi connectivity index (χ1v) is 22.1. The molecule has 1 atom stereocenters. The van der Waals surface area contributed by atoms with E-state index in [0.29, 0.717) is 0 Å². The lowest BCUT2D eigenvalue weighted by molar-refractivity contribution is 0.660. The van der Waals surface area contributed by atoms with Crippen LogP contribution in [0.5, 0.6) is 0 Å². The molecule has 9 aromatic carbocycles. The van der Waals surface area contributed by atoms with Crippen LogP contribution < -0.4 is 4.90 Å². The summed E-state index contributed by atoms with van der Waals surface area (Å²) in [6.45, 7) is 4.71. The minimum Gasteiger partial charge on any atom is -0.310 e. The van der Waals surface area contributed by atoms with E-state index in [1.807, 2.05) is 11.8 Å². The van der Waals surface area contributed by atoms with Gasteiger partial charge in [-0.2, -0.15) is 0 Å². The molecular weight excluding hydrogens is 757 g/mol. The first kappa shape index (κ1) is 34.8. The smallest absolute Gasteiger partial charge is 0.0764 e. The average molecular weight is 797 g/mol. The van der Waals surface area contributed by atoms with E-state index in [-0.39, 0.29) is 5.41 Å². The van der Waals surface area contributed by atoms with Gasteiger partial charge in [-0.1, -0.05) is 165 Å². The zero-order chi connectivity index (χ0) is 40.5. The van der Waals surface area contributed by atoms with E-state index in [1.54, 1.807) is 0 Å². The molecule has 61 heavy (non-hydrogen) atoms. The van der Waals surface area contributed by atoms with Crippen molar-refractivity contribution in [1.82, 2.24) is 4.57 Å². The van der Waals surface area contributed by atoms with Gasteiger partial charge in [-0.3, -0.25) is 0 Å². The Labute approximate surface area is 360 Å². The second kappa shape index (κ2) is 12.7. The van der Waals surface area contributed by atoms with E-state index in [1.165, 1.54) is 92.9 Å². The van der Waals surface area contributed by atoms with Crippen LogP contribution in [0, 0.1) is 0 Å².